The van der Waals surface area contributed by atoms with Gasteiger partial charge in [0.2, 0.25) is 5.43 Å². The largest absolute Gasteiger partial charge is 0.477 e. The Kier molecular flexibility index (Phi) is 4.68. The van der Waals surface area contributed by atoms with E-state index < -0.39 is 34.7 Å². The SMILES string of the molecule is COC(=O)c1cccc2c(=O)c(C(=O)O)c(-c3cccc(C(F)(F)F)c3)[nH]c12. The van der Waals surface area contributed by atoms with Crippen LogP contribution in [0, 0.1) is 0 Å². The monoisotopic (exact) mass is 391 g/mol. The first-order valence-corrected chi connectivity index (χ1v) is 7.83. The topological polar surface area (TPSA) is 96.5 Å². The molecule has 0 aliphatic rings. The minimum Gasteiger partial charge on any atom is -0.477 e. The number of nitrogens with one attached hydrogen (secondary N) is 1. The molecule has 0 atom stereocenters. The number of H-pyrrole nitrogens is 1. The summed E-state index contributed by atoms with van der Waals surface area (Å²) in [6.45, 7) is 0. The Hall–Kier alpha value is -3.62. The molecule has 2 N–H and O–H groups in total. The van der Waals surface area contributed by atoms with Gasteiger partial charge in [-0.05, 0) is 29.8 Å². The zero-order valence-corrected chi connectivity index (χ0v) is 14.3. The number of fused-ring (bicyclic) bond motifs is 1. The lowest BCUT2D eigenvalue weighted by Gasteiger charge is -2.13. The zero-order valence-electron chi connectivity index (χ0n) is 14.3. The molecule has 9 heteroatoms. The summed E-state index contributed by atoms with van der Waals surface area (Å²) in [6, 6.07) is 7.91. The number of esters is 1. The molecule has 0 saturated carbocycles. The molecule has 144 valence electrons. The standard InChI is InChI=1S/C19H12F3NO5/c1-28-18(27)12-7-3-6-11-15(12)23-14(13(16(11)24)17(25)26)9-4-2-5-10(8-9)19(20,21)22/h2-8H,1H3,(H,23,24)(H,25,26). The van der Waals surface area contributed by atoms with E-state index in [-0.39, 0.29) is 27.7 Å². The number of methoxy groups -OCH3 is 1. The van der Waals surface area contributed by atoms with Gasteiger partial charge in [0, 0.05) is 5.39 Å². The molecule has 0 unspecified atom stereocenters. The fraction of sp³-hybridized carbons (Fsp3) is 0.105. The van der Waals surface area contributed by atoms with E-state index in [1.54, 1.807) is 0 Å². The van der Waals surface area contributed by atoms with Crippen molar-refractivity contribution in [1.82, 2.24) is 4.98 Å². The summed E-state index contributed by atoms with van der Waals surface area (Å²) in [6.07, 6.45) is -4.66. The third-order valence-corrected chi connectivity index (χ3v) is 4.13. The molecular weight excluding hydrogens is 379 g/mol. The number of aromatic carboxylic acids is 1. The van der Waals surface area contributed by atoms with Crippen molar-refractivity contribution in [1.29, 1.82) is 0 Å². The quantitative estimate of drug-likeness (QED) is 0.664. The number of rotatable bonds is 3. The van der Waals surface area contributed by atoms with Gasteiger partial charge in [0.05, 0.1) is 29.4 Å². The van der Waals surface area contributed by atoms with Gasteiger partial charge in [0.1, 0.15) is 5.56 Å². The van der Waals surface area contributed by atoms with Gasteiger partial charge in [-0.2, -0.15) is 13.2 Å². The number of alkyl halides is 3. The molecule has 0 aliphatic carbocycles. The van der Waals surface area contributed by atoms with Crippen LogP contribution >= 0.6 is 0 Å². The highest BCUT2D eigenvalue weighted by atomic mass is 19.4. The Balaban J connectivity index is 2.42. The van der Waals surface area contributed by atoms with Crippen molar-refractivity contribution >= 4 is 22.8 Å². The van der Waals surface area contributed by atoms with E-state index in [0.29, 0.717) is 0 Å². The fourth-order valence-corrected chi connectivity index (χ4v) is 2.86. The number of carboxylic acids is 1. The third-order valence-electron chi connectivity index (χ3n) is 4.13. The lowest BCUT2D eigenvalue weighted by molar-refractivity contribution is -0.137. The lowest BCUT2D eigenvalue weighted by Crippen LogP contribution is -2.19. The van der Waals surface area contributed by atoms with Crippen molar-refractivity contribution < 1.29 is 32.6 Å². The number of hydrogen-bond acceptors (Lipinski definition) is 4. The van der Waals surface area contributed by atoms with E-state index >= 15 is 0 Å². The van der Waals surface area contributed by atoms with Gasteiger partial charge in [-0.15, -0.1) is 0 Å². The number of halogens is 3. The van der Waals surface area contributed by atoms with Gasteiger partial charge in [-0.1, -0.05) is 18.2 Å². The van der Waals surface area contributed by atoms with Crippen LogP contribution in [0.4, 0.5) is 13.2 Å². The Labute approximate surface area is 155 Å². The van der Waals surface area contributed by atoms with Crippen molar-refractivity contribution in [3.63, 3.8) is 0 Å². The minimum absolute atomic E-state index is 0.0308. The number of aromatic amines is 1. The van der Waals surface area contributed by atoms with Crippen LogP contribution in [0.1, 0.15) is 26.3 Å². The summed E-state index contributed by atoms with van der Waals surface area (Å²) < 4.78 is 43.8. The molecular formula is C19H12F3NO5. The number of ether oxygens (including phenoxy) is 1. The van der Waals surface area contributed by atoms with E-state index in [1.165, 1.54) is 24.3 Å². The predicted molar refractivity (Wildman–Crippen MR) is 93.3 cm³/mol. The fourth-order valence-electron chi connectivity index (χ4n) is 2.86. The molecule has 0 aliphatic heterocycles. The molecule has 0 saturated heterocycles. The van der Waals surface area contributed by atoms with Crippen molar-refractivity contribution in [2.75, 3.05) is 7.11 Å². The lowest BCUT2D eigenvalue weighted by atomic mass is 9.99. The zero-order chi connectivity index (χ0) is 20.6. The van der Waals surface area contributed by atoms with Crippen molar-refractivity contribution in [2.24, 2.45) is 0 Å². The second kappa shape index (κ2) is 6.84. The highest BCUT2D eigenvalue weighted by Crippen LogP contribution is 2.33. The minimum atomic E-state index is -4.66. The van der Waals surface area contributed by atoms with Crippen LogP contribution in [-0.2, 0) is 10.9 Å². The number of para-hydroxylation sites is 1. The first kappa shape index (κ1) is 19.2. The maximum atomic E-state index is 13.0. The van der Waals surface area contributed by atoms with Gasteiger partial charge < -0.3 is 14.8 Å². The molecule has 0 spiro atoms. The molecule has 0 fully saturated rings. The number of carbonyl (C=O) groups excluding carboxylic acids is 1. The Morgan fingerprint density at radius 2 is 1.79 bits per heavy atom. The van der Waals surface area contributed by atoms with Crippen LogP contribution in [0.25, 0.3) is 22.2 Å². The van der Waals surface area contributed by atoms with E-state index in [0.717, 1.165) is 25.3 Å². The highest BCUT2D eigenvalue weighted by molar-refractivity contribution is 6.06. The van der Waals surface area contributed by atoms with Gasteiger partial charge >= 0.3 is 18.1 Å². The molecule has 2 aromatic carbocycles. The second-order valence-corrected chi connectivity index (χ2v) is 5.81. The first-order valence-electron chi connectivity index (χ1n) is 7.83. The number of aromatic nitrogens is 1. The van der Waals surface area contributed by atoms with Gasteiger partial charge in [0.25, 0.3) is 0 Å². The summed E-state index contributed by atoms with van der Waals surface area (Å²) in [5.41, 5.74) is -3.26. The molecule has 1 aromatic heterocycles. The van der Waals surface area contributed by atoms with Gasteiger partial charge in [-0.3, -0.25) is 4.79 Å². The summed E-state index contributed by atoms with van der Waals surface area (Å²) in [5, 5.41) is 9.39. The number of pyridine rings is 1. The highest BCUT2D eigenvalue weighted by Gasteiger charge is 2.31. The number of carboxylic acid groups (broad SMARTS) is 1. The molecule has 0 bridgehead atoms. The summed E-state index contributed by atoms with van der Waals surface area (Å²) in [5.74, 6) is -2.40. The van der Waals surface area contributed by atoms with Crippen LogP contribution in [-0.4, -0.2) is 29.1 Å². The molecule has 6 nitrogen and oxygen atoms in total. The first-order chi connectivity index (χ1) is 13.1. The van der Waals surface area contributed by atoms with Crippen LogP contribution in [0.2, 0.25) is 0 Å². The maximum Gasteiger partial charge on any atom is 0.416 e. The van der Waals surface area contributed by atoms with Crippen LogP contribution in [0.15, 0.2) is 47.3 Å². The van der Waals surface area contributed by atoms with E-state index in [4.69, 9.17) is 0 Å². The normalized spacial score (nSPS) is 11.4. The summed E-state index contributed by atoms with van der Waals surface area (Å²) in [7, 11) is 1.12. The van der Waals surface area contributed by atoms with E-state index in [2.05, 4.69) is 9.72 Å². The molecule has 3 rings (SSSR count). The van der Waals surface area contributed by atoms with Crippen molar-refractivity contribution in [3.8, 4) is 11.3 Å². The van der Waals surface area contributed by atoms with Crippen molar-refractivity contribution in [3.05, 3.63) is 69.4 Å². The summed E-state index contributed by atoms with van der Waals surface area (Å²) >= 11 is 0. The second-order valence-electron chi connectivity index (χ2n) is 5.81. The van der Waals surface area contributed by atoms with E-state index in [9.17, 15) is 32.7 Å². The molecule has 1 heterocycles. The average Bonchev–Trinajstić information content (AvgIpc) is 2.66. The Morgan fingerprint density at radius 3 is 2.39 bits per heavy atom. The maximum absolute atomic E-state index is 13.0. The third kappa shape index (κ3) is 3.22. The van der Waals surface area contributed by atoms with Gasteiger partial charge in [-0.25, -0.2) is 9.59 Å². The van der Waals surface area contributed by atoms with Crippen molar-refractivity contribution in [2.45, 2.75) is 6.18 Å². The molecule has 0 radical (unpaired) electrons. The number of benzene rings is 2. The molecule has 3 aromatic rings. The molecule has 0 amide bonds. The number of carbonyl (C=O) groups is 2. The van der Waals surface area contributed by atoms with Crippen LogP contribution in [0.5, 0.6) is 0 Å². The Morgan fingerprint density at radius 1 is 1.11 bits per heavy atom. The van der Waals surface area contributed by atoms with Gasteiger partial charge in [0.15, 0.2) is 0 Å². The van der Waals surface area contributed by atoms with E-state index in [1.807, 2.05) is 0 Å². The smallest absolute Gasteiger partial charge is 0.416 e. The average molecular weight is 391 g/mol. The predicted octanol–water partition coefficient (Wildman–Crippen LogP) is 3.70. The number of hydrogen-bond donors (Lipinski definition) is 2. The molecule has 28 heavy (non-hydrogen) atoms. The Bertz CT molecular complexity index is 1160. The van der Waals surface area contributed by atoms with Crippen LogP contribution < -0.4 is 5.43 Å². The van der Waals surface area contributed by atoms with Crippen LogP contribution in [0.3, 0.4) is 0 Å². The summed E-state index contributed by atoms with van der Waals surface area (Å²) in [4.78, 5) is 39.0.